The third-order valence-corrected chi connectivity index (χ3v) is 12.4. The van der Waals surface area contributed by atoms with Gasteiger partial charge in [0.05, 0.1) is 25.4 Å². The Labute approximate surface area is 378 Å². The van der Waals surface area contributed by atoms with Crippen LogP contribution in [0.15, 0.2) is 24.3 Å². The first-order valence-corrected chi connectivity index (χ1v) is 26.6. The van der Waals surface area contributed by atoms with Crippen molar-refractivity contribution >= 4 is 16.3 Å². The molecule has 366 valence electrons. The van der Waals surface area contributed by atoms with Crippen LogP contribution < -0.4 is 5.32 Å². The van der Waals surface area contributed by atoms with Crippen molar-refractivity contribution in [3.63, 3.8) is 0 Å². The van der Waals surface area contributed by atoms with Crippen LogP contribution >= 0.6 is 0 Å². The number of rotatable bonds is 43. The topological polar surface area (TPSA) is 192 Å². The molecule has 6 N–H and O–H groups in total. The molecule has 1 heterocycles. The van der Waals surface area contributed by atoms with Gasteiger partial charge in [-0.05, 0) is 38.5 Å². The van der Waals surface area contributed by atoms with E-state index in [4.69, 9.17) is 9.47 Å². The van der Waals surface area contributed by atoms with Crippen LogP contribution in [0.25, 0.3) is 0 Å². The van der Waals surface area contributed by atoms with Crippen LogP contribution in [0.4, 0.5) is 0 Å². The molecular weight excluding hydrogens is 811 g/mol. The third kappa shape index (κ3) is 32.3. The average Bonchev–Trinajstić information content (AvgIpc) is 3.24. The Morgan fingerprint density at radius 1 is 0.629 bits per heavy atom. The van der Waals surface area contributed by atoms with Gasteiger partial charge in [-0.3, -0.25) is 9.35 Å². The smallest absolute Gasteiger partial charge is 0.394 e. The van der Waals surface area contributed by atoms with E-state index in [1.807, 2.05) is 6.08 Å². The summed E-state index contributed by atoms with van der Waals surface area (Å²) >= 11 is 0. The average molecular weight is 904 g/mol. The monoisotopic (exact) mass is 904 g/mol. The minimum absolute atomic E-state index is 0.254. The number of hydrogen-bond donors (Lipinski definition) is 6. The molecule has 0 aromatic rings. The van der Waals surface area contributed by atoms with Gasteiger partial charge in [-0.25, -0.2) is 4.18 Å². The molecule has 1 fully saturated rings. The molecule has 1 amide bonds. The quantitative estimate of drug-likeness (QED) is 0.0194. The molecule has 0 aliphatic carbocycles. The summed E-state index contributed by atoms with van der Waals surface area (Å²) in [7, 11) is -5.08. The number of unbranched alkanes of at least 4 members (excludes halogenated alkanes) is 29. The Morgan fingerprint density at radius 2 is 1.05 bits per heavy atom. The fourth-order valence-corrected chi connectivity index (χ4v) is 8.53. The van der Waals surface area contributed by atoms with E-state index in [0.717, 1.165) is 51.4 Å². The summed E-state index contributed by atoms with van der Waals surface area (Å²) in [6.07, 6.45) is 38.1. The second-order valence-electron chi connectivity index (χ2n) is 17.8. The fourth-order valence-electron chi connectivity index (χ4n) is 8.02. The molecule has 0 bridgehead atoms. The molecule has 7 atom stereocenters. The molecule has 13 heteroatoms. The number of carbonyl (C=O) groups is 1. The normalized spacial score (nSPS) is 20.7. The number of carbonyl (C=O) groups excluding carboxylic acids is 1. The van der Waals surface area contributed by atoms with Gasteiger partial charge in [0.15, 0.2) is 6.29 Å². The molecule has 0 radical (unpaired) electrons. The van der Waals surface area contributed by atoms with Gasteiger partial charge in [0.25, 0.3) is 0 Å². The lowest BCUT2D eigenvalue weighted by atomic mass is 9.99. The highest BCUT2D eigenvalue weighted by Gasteiger charge is 2.48. The van der Waals surface area contributed by atoms with E-state index in [1.54, 1.807) is 6.08 Å². The summed E-state index contributed by atoms with van der Waals surface area (Å²) in [5.41, 5.74) is 0. The Balaban J connectivity index is 2.37. The highest BCUT2D eigenvalue weighted by Crippen LogP contribution is 2.26. The molecular formula is C49H93NO11S. The second kappa shape index (κ2) is 39.9. The molecule has 0 saturated carbocycles. The van der Waals surface area contributed by atoms with Crippen molar-refractivity contribution in [3.05, 3.63) is 24.3 Å². The van der Waals surface area contributed by atoms with Crippen LogP contribution in [-0.4, -0.2) is 95.4 Å². The minimum atomic E-state index is -5.08. The zero-order chi connectivity index (χ0) is 45.5. The van der Waals surface area contributed by atoms with Gasteiger partial charge in [-0.2, -0.15) is 8.42 Å². The highest BCUT2D eigenvalue weighted by atomic mass is 32.3. The lowest BCUT2D eigenvalue weighted by Crippen LogP contribution is -2.61. The lowest BCUT2D eigenvalue weighted by molar-refractivity contribution is -0.298. The van der Waals surface area contributed by atoms with Crippen LogP contribution in [0.5, 0.6) is 0 Å². The summed E-state index contributed by atoms with van der Waals surface area (Å²) in [6.45, 7) is 3.34. The van der Waals surface area contributed by atoms with Crippen LogP contribution in [-0.2, 0) is 28.9 Å². The molecule has 0 spiro atoms. The van der Waals surface area contributed by atoms with Gasteiger partial charge >= 0.3 is 10.4 Å². The maximum Gasteiger partial charge on any atom is 0.397 e. The Kier molecular flexibility index (Phi) is 37.7. The summed E-state index contributed by atoms with van der Waals surface area (Å²) in [5, 5.41) is 44.7. The van der Waals surface area contributed by atoms with E-state index in [1.165, 1.54) is 148 Å². The van der Waals surface area contributed by atoms with Crippen molar-refractivity contribution in [1.29, 1.82) is 0 Å². The van der Waals surface area contributed by atoms with Crippen molar-refractivity contribution in [2.75, 3.05) is 13.2 Å². The minimum Gasteiger partial charge on any atom is -0.394 e. The molecule has 7 unspecified atom stereocenters. The molecule has 1 aliphatic heterocycles. The SMILES string of the molecule is CCCC/C=C\CCCCCCC(=O)NC(COC1OC(CO)C(O)C(OS(=O)(=O)O)C1O)C(O)/C=C/CCCCCCCCCCCCCCCCCCCCCCCCC. The van der Waals surface area contributed by atoms with Crippen molar-refractivity contribution < 1.29 is 51.8 Å². The summed E-state index contributed by atoms with van der Waals surface area (Å²) in [6, 6.07) is -0.947. The van der Waals surface area contributed by atoms with Crippen LogP contribution in [0.3, 0.4) is 0 Å². The van der Waals surface area contributed by atoms with Crippen molar-refractivity contribution in [3.8, 4) is 0 Å². The number of amides is 1. The predicted molar refractivity (Wildman–Crippen MR) is 250 cm³/mol. The van der Waals surface area contributed by atoms with Crippen molar-refractivity contribution in [2.24, 2.45) is 0 Å². The molecule has 1 saturated heterocycles. The Bertz CT molecular complexity index is 1200. The van der Waals surface area contributed by atoms with E-state index in [2.05, 4.69) is 35.5 Å². The van der Waals surface area contributed by atoms with Crippen LogP contribution in [0.2, 0.25) is 0 Å². The standard InChI is InChI=1S/C49H93NO11S/c1-3-5-7-9-11-13-15-16-17-18-19-20-21-22-23-24-25-26-27-28-29-30-32-34-36-38-43(52)42(50-45(53)39-37-35-33-31-14-12-10-8-6-4-2)41-59-49-47(55)48(61-62(56,57)58)46(54)44(40-51)60-49/h10,12,36,38,42-44,46-49,51-52,54-55H,3-9,11,13-35,37,39-41H2,1-2H3,(H,50,53)(H,56,57,58)/b12-10-,38-36+. The van der Waals surface area contributed by atoms with E-state index in [9.17, 15) is 38.2 Å². The first kappa shape index (κ1) is 58.6. The number of hydrogen-bond acceptors (Lipinski definition) is 10. The molecule has 12 nitrogen and oxygen atoms in total. The van der Waals surface area contributed by atoms with Gasteiger partial charge < -0.3 is 35.2 Å². The van der Waals surface area contributed by atoms with Crippen LogP contribution in [0.1, 0.15) is 226 Å². The molecule has 0 aromatic carbocycles. The third-order valence-electron chi connectivity index (χ3n) is 12.0. The zero-order valence-electron chi connectivity index (χ0n) is 39.2. The largest absolute Gasteiger partial charge is 0.397 e. The number of allylic oxidation sites excluding steroid dienone is 3. The predicted octanol–water partition coefficient (Wildman–Crippen LogP) is 10.5. The maximum atomic E-state index is 13.0. The summed E-state index contributed by atoms with van der Waals surface area (Å²) < 4.78 is 47.6. The van der Waals surface area contributed by atoms with Gasteiger partial charge in [0.2, 0.25) is 5.91 Å². The molecule has 62 heavy (non-hydrogen) atoms. The second-order valence-corrected chi connectivity index (χ2v) is 18.8. The Morgan fingerprint density at radius 3 is 1.50 bits per heavy atom. The van der Waals surface area contributed by atoms with Crippen LogP contribution in [0, 0.1) is 0 Å². The van der Waals surface area contributed by atoms with E-state index < -0.39 is 59.9 Å². The first-order chi connectivity index (χ1) is 30.0. The van der Waals surface area contributed by atoms with Crippen molar-refractivity contribution in [1.82, 2.24) is 5.32 Å². The number of nitrogens with one attached hydrogen (secondary N) is 1. The summed E-state index contributed by atoms with van der Waals surface area (Å²) in [4.78, 5) is 13.0. The number of aliphatic hydroxyl groups is 4. The molecule has 1 rings (SSSR count). The lowest BCUT2D eigenvalue weighted by Gasteiger charge is -2.41. The zero-order valence-corrected chi connectivity index (χ0v) is 40.0. The van der Waals surface area contributed by atoms with E-state index >= 15 is 0 Å². The summed E-state index contributed by atoms with van der Waals surface area (Å²) in [5.74, 6) is -0.276. The maximum absolute atomic E-state index is 13.0. The van der Waals surface area contributed by atoms with Gasteiger partial charge in [-0.1, -0.05) is 205 Å². The van der Waals surface area contributed by atoms with Gasteiger partial charge in [0, 0.05) is 6.42 Å². The number of ether oxygens (including phenoxy) is 2. The van der Waals surface area contributed by atoms with E-state index in [0.29, 0.717) is 6.42 Å². The van der Waals surface area contributed by atoms with Gasteiger partial charge in [-0.15, -0.1) is 0 Å². The van der Waals surface area contributed by atoms with E-state index in [-0.39, 0.29) is 18.9 Å². The fraction of sp³-hybridized carbons (Fsp3) is 0.898. The van der Waals surface area contributed by atoms with Gasteiger partial charge in [0.1, 0.15) is 24.4 Å². The molecule has 1 aliphatic rings. The Hall–Kier alpha value is -1.42. The first-order valence-electron chi connectivity index (χ1n) is 25.2. The number of aliphatic hydroxyl groups excluding tert-OH is 4. The molecule has 0 aromatic heterocycles. The highest BCUT2D eigenvalue weighted by molar-refractivity contribution is 7.80. The van der Waals surface area contributed by atoms with Crippen molar-refractivity contribution in [2.45, 2.75) is 269 Å².